The van der Waals surface area contributed by atoms with E-state index in [1.165, 1.54) is 16.7 Å². The van der Waals surface area contributed by atoms with Crippen molar-refractivity contribution in [2.45, 2.75) is 57.9 Å². The van der Waals surface area contributed by atoms with Gasteiger partial charge in [0.15, 0.2) is 0 Å². The van der Waals surface area contributed by atoms with Crippen LogP contribution < -0.4 is 10.1 Å². The number of carbonyl (C=O) groups excluding carboxylic acids is 1. The number of pyridine rings is 1. The van der Waals surface area contributed by atoms with Gasteiger partial charge >= 0.3 is 6.03 Å². The lowest BCUT2D eigenvalue weighted by molar-refractivity contribution is -0.0538. The van der Waals surface area contributed by atoms with Crippen molar-refractivity contribution in [2.75, 3.05) is 6.54 Å². The van der Waals surface area contributed by atoms with E-state index >= 15 is 0 Å². The van der Waals surface area contributed by atoms with E-state index < -0.39 is 6.23 Å². The van der Waals surface area contributed by atoms with E-state index in [1.807, 2.05) is 30.3 Å². The number of ether oxygens (including phenoxy) is 1. The fourth-order valence-electron chi connectivity index (χ4n) is 7.05. The van der Waals surface area contributed by atoms with Gasteiger partial charge in [-0.3, -0.25) is 9.88 Å². The summed E-state index contributed by atoms with van der Waals surface area (Å²) >= 11 is 0. The molecule has 1 aromatic heterocycles. The van der Waals surface area contributed by atoms with Crippen LogP contribution in [0.3, 0.4) is 0 Å². The molecule has 2 aromatic carbocycles. The van der Waals surface area contributed by atoms with Gasteiger partial charge in [-0.25, -0.2) is 4.79 Å². The number of nitrogens with one attached hydrogen (secondary N) is 1. The highest BCUT2D eigenvalue weighted by Gasteiger charge is 2.58. The van der Waals surface area contributed by atoms with Gasteiger partial charge in [-0.2, -0.15) is 0 Å². The van der Waals surface area contributed by atoms with Gasteiger partial charge in [-0.1, -0.05) is 49.4 Å². The topological polar surface area (TPSA) is 74.7 Å². The summed E-state index contributed by atoms with van der Waals surface area (Å²) in [6, 6.07) is 20.5. The molecule has 0 radical (unpaired) electrons. The number of aryl methyl sites for hydroxylation is 1. The van der Waals surface area contributed by atoms with Gasteiger partial charge in [0.25, 0.3) is 0 Å². The number of aliphatic hydroxyl groups excluding tert-OH is 1. The number of aromatic nitrogens is 1. The molecule has 6 nitrogen and oxygen atoms in total. The van der Waals surface area contributed by atoms with Crippen LogP contribution in [-0.2, 0) is 19.6 Å². The Morgan fingerprint density at radius 2 is 1.97 bits per heavy atom. The first-order valence-electron chi connectivity index (χ1n) is 13.4. The van der Waals surface area contributed by atoms with Crippen LogP contribution in [-0.4, -0.2) is 33.8 Å². The number of likely N-dealkylation sites (tertiary alicyclic amines) is 1. The van der Waals surface area contributed by atoms with E-state index in [2.05, 4.69) is 47.6 Å². The molecule has 1 saturated carbocycles. The second-order valence-corrected chi connectivity index (χ2v) is 11.1. The number of carbonyl (C=O) groups is 1. The van der Waals surface area contributed by atoms with Gasteiger partial charge in [-0.15, -0.1) is 0 Å². The number of hydrogen-bond acceptors (Lipinski definition) is 4. The Labute approximate surface area is 218 Å². The number of amides is 2. The van der Waals surface area contributed by atoms with Crippen molar-refractivity contribution in [3.63, 3.8) is 0 Å². The van der Waals surface area contributed by atoms with E-state index in [-0.39, 0.29) is 17.4 Å². The Morgan fingerprint density at radius 1 is 1.14 bits per heavy atom. The van der Waals surface area contributed by atoms with E-state index in [9.17, 15) is 9.90 Å². The standard InChI is InChI=1S/C31H35N3O3/c1-31-14-13-26-25-12-10-24(37-20-21-6-3-2-4-7-21)16-23(25)9-11-27(26)28(31)19-34(29(31)35)30(36)33-18-22-8-5-15-32-17-22/h2-8,10,12,15-17,26-29,35H,9,11,13-14,18-20H2,1H3,(H,33,36)/t26?,27?,28?,29-,31+/m1/s1. The van der Waals surface area contributed by atoms with Crippen LogP contribution in [0.5, 0.6) is 5.75 Å². The first-order chi connectivity index (χ1) is 18.0. The largest absolute Gasteiger partial charge is 0.489 e. The number of rotatable bonds is 5. The Hall–Kier alpha value is -3.38. The zero-order valence-corrected chi connectivity index (χ0v) is 21.3. The van der Waals surface area contributed by atoms with Gasteiger partial charge in [0.05, 0.1) is 0 Å². The minimum absolute atomic E-state index is 0.194. The monoisotopic (exact) mass is 497 g/mol. The zero-order chi connectivity index (χ0) is 25.4. The van der Waals surface area contributed by atoms with E-state index in [4.69, 9.17) is 4.74 Å². The third-order valence-electron chi connectivity index (χ3n) is 9.09. The Morgan fingerprint density at radius 3 is 2.78 bits per heavy atom. The molecule has 37 heavy (non-hydrogen) atoms. The van der Waals surface area contributed by atoms with Crippen LogP contribution in [0.15, 0.2) is 73.1 Å². The van der Waals surface area contributed by atoms with Crippen LogP contribution in [0, 0.1) is 17.3 Å². The van der Waals surface area contributed by atoms with Gasteiger partial charge in [-0.05, 0) is 83.9 Å². The first-order valence-corrected chi connectivity index (χ1v) is 13.4. The molecule has 3 aromatic rings. The molecular formula is C31H35N3O3. The highest BCUT2D eigenvalue weighted by atomic mass is 16.5. The van der Waals surface area contributed by atoms with Gasteiger partial charge < -0.3 is 15.2 Å². The molecule has 3 unspecified atom stereocenters. The average Bonchev–Trinajstić information content (AvgIpc) is 3.22. The van der Waals surface area contributed by atoms with E-state index in [0.29, 0.717) is 31.5 Å². The summed E-state index contributed by atoms with van der Waals surface area (Å²) in [5.41, 5.74) is 4.66. The molecule has 5 atom stereocenters. The second kappa shape index (κ2) is 9.82. The summed E-state index contributed by atoms with van der Waals surface area (Å²) in [4.78, 5) is 18.9. The normalized spacial score (nSPS) is 28.1. The molecule has 6 heteroatoms. The fourth-order valence-corrected chi connectivity index (χ4v) is 7.05. The van der Waals surface area contributed by atoms with E-state index in [1.54, 1.807) is 17.3 Å². The fraction of sp³-hybridized carbons (Fsp3) is 0.419. The van der Waals surface area contributed by atoms with Gasteiger partial charge in [0.2, 0.25) is 0 Å². The van der Waals surface area contributed by atoms with Crippen molar-refractivity contribution in [1.29, 1.82) is 0 Å². The van der Waals surface area contributed by atoms with Crippen molar-refractivity contribution in [3.8, 4) is 5.75 Å². The SMILES string of the molecule is C[C@]12CCC3c4ccc(OCc5ccccc5)cc4CCC3C1CN(C(=O)NCc1cccnc1)[C@@H]2O. The maximum atomic E-state index is 13.1. The van der Waals surface area contributed by atoms with Crippen LogP contribution in [0.25, 0.3) is 0 Å². The van der Waals surface area contributed by atoms with Crippen molar-refractivity contribution < 1.29 is 14.6 Å². The number of urea groups is 1. The summed E-state index contributed by atoms with van der Waals surface area (Å²) in [5.74, 6) is 2.14. The number of fused-ring (bicyclic) bond motifs is 5. The summed E-state index contributed by atoms with van der Waals surface area (Å²) < 4.78 is 6.10. The highest BCUT2D eigenvalue weighted by molar-refractivity contribution is 5.75. The third kappa shape index (κ3) is 4.48. The molecule has 2 aliphatic carbocycles. The summed E-state index contributed by atoms with van der Waals surface area (Å²) in [7, 11) is 0. The maximum Gasteiger partial charge on any atom is 0.319 e. The second-order valence-electron chi connectivity index (χ2n) is 11.1. The third-order valence-corrected chi connectivity index (χ3v) is 9.09. The number of hydrogen-bond donors (Lipinski definition) is 2. The minimum Gasteiger partial charge on any atom is -0.489 e. The van der Waals surface area contributed by atoms with Gasteiger partial charge in [0.1, 0.15) is 18.6 Å². The predicted octanol–water partition coefficient (Wildman–Crippen LogP) is 5.27. The zero-order valence-electron chi connectivity index (χ0n) is 21.3. The first kappa shape index (κ1) is 24.0. The Kier molecular flexibility index (Phi) is 6.37. The van der Waals surface area contributed by atoms with Gasteiger partial charge in [0, 0.05) is 30.9 Å². The van der Waals surface area contributed by atoms with Crippen LogP contribution in [0.1, 0.15) is 54.4 Å². The maximum absolute atomic E-state index is 13.1. The molecule has 0 spiro atoms. The highest BCUT2D eigenvalue weighted by Crippen LogP contribution is 2.59. The molecule has 6 rings (SSSR count). The summed E-state index contributed by atoms with van der Waals surface area (Å²) in [6.07, 6.45) is 6.76. The quantitative estimate of drug-likeness (QED) is 0.504. The van der Waals surface area contributed by atoms with Crippen LogP contribution in [0.4, 0.5) is 4.79 Å². The lowest BCUT2D eigenvalue weighted by Crippen LogP contribution is -2.48. The number of benzene rings is 2. The van der Waals surface area contributed by atoms with E-state index in [0.717, 1.165) is 37.0 Å². The van der Waals surface area contributed by atoms with Crippen LogP contribution in [0.2, 0.25) is 0 Å². The van der Waals surface area contributed by atoms with Crippen molar-refractivity contribution >= 4 is 6.03 Å². The average molecular weight is 498 g/mol. The molecular weight excluding hydrogens is 462 g/mol. The Bertz CT molecular complexity index is 1250. The van der Waals surface area contributed by atoms with Crippen molar-refractivity contribution in [3.05, 3.63) is 95.3 Å². The number of aliphatic hydroxyl groups is 1. The molecule has 2 N–H and O–H groups in total. The predicted molar refractivity (Wildman–Crippen MR) is 142 cm³/mol. The molecule has 2 amide bonds. The Balaban J connectivity index is 1.15. The summed E-state index contributed by atoms with van der Waals surface area (Å²) in [6.45, 7) is 3.77. The van der Waals surface area contributed by atoms with Crippen LogP contribution >= 0.6 is 0 Å². The molecule has 192 valence electrons. The van der Waals surface area contributed by atoms with Crippen molar-refractivity contribution in [2.24, 2.45) is 17.3 Å². The van der Waals surface area contributed by atoms with Crippen molar-refractivity contribution in [1.82, 2.24) is 15.2 Å². The smallest absolute Gasteiger partial charge is 0.319 e. The molecule has 1 aliphatic heterocycles. The molecule has 0 bridgehead atoms. The molecule has 3 aliphatic rings. The lowest BCUT2D eigenvalue weighted by atomic mass is 9.55. The molecule has 2 fully saturated rings. The minimum atomic E-state index is -0.762. The number of nitrogens with zero attached hydrogens (tertiary/aromatic N) is 2. The summed E-state index contributed by atoms with van der Waals surface area (Å²) in [5, 5.41) is 14.3. The molecule has 2 heterocycles. The molecule has 1 saturated heterocycles. The lowest BCUT2D eigenvalue weighted by Gasteiger charge is -2.49.